The van der Waals surface area contributed by atoms with Crippen molar-refractivity contribution in [2.75, 3.05) is 38.0 Å². The quantitative estimate of drug-likeness (QED) is 0.173. The maximum absolute atomic E-state index is 11.8. The van der Waals surface area contributed by atoms with E-state index in [1.54, 1.807) is 0 Å². The molecule has 3 nitrogen and oxygen atoms in total. The normalized spacial score (nSPS) is 11.2. The number of aliphatic hydroxyl groups is 1. The molecule has 0 aliphatic rings. The topological polar surface area (TPSA) is 26.7 Å². The highest BCUT2D eigenvalue weighted by molar-refractivity contribution is 5.54. The second-order valence-corrected chi connectivity index (χ2v) is 10.9. The molecule has 3 heteroatoms. The van der Waals surface area contributed by atoms with Crippen LogP contribution < -0.4 is 9.80 Å². The second kappa shape index (κ2) is 17.1. The van der Waals surface area contributed by atoms with Crippen molar-refractivity contribution >= 4 is 11.4 Å². The maximum Gasteiger partial charge on any atom is 0.176 e. The summed E-state index contributed by atoms with van der Waals surface area (Å²) in [7, 11) is 8.10. The predicted octanol–water partition coefficient (Wildman–Crippen LogP) is 8.54. The van der Waals surface area contributed by atoms with Crippen molar-refractivity contribution in [3.63, 3.8) is 0 Å². The van der Waals surface area contributed by atoms with Crippen molar-refractivity contribution in [1.29, 1.82) is 0 Å². The number of hydrogen-bond donors (Lipinski definition) is 1. The molecule has 2 aromatic rings. The fourth-order valence-corrected chi connectivity index (χ4v) is 4.73. The molecule has 0 amide bonds. The lowest BCUT2D eigenvalue weighted by Gasteiger charge is -2.25. The summed E-state index contributed by atoms with van der Waals surface area (Å²) in [5, 5.41) is 11.8. The van der Waals surface area contributed by atoms with Crippen LogP contribution in [0.25, 0.3) is 0 Å². The van der Waals surface area contributed by atoms with Crippen molar-refractivity contribution < 1.29 is 5.11 Å². The molecule has 0 saturated carbocycles. The summed E-state index contributed by atoms with van der Waals surface area (Å²) in [5.41, 5.74) is 2.52. The predicted molar refractivity (Wildman–Crippen MR) is 163 cm³/mol. The molecule has 1 N–H and O–H groups in total. The van der Waals surface area contributed by atoms with E-state index in [-0.39, 0.29) is 0 Å². The fraction of sp³-hybridized carbons (Fsp3) is 0.588. The minimum atomic E-state index is -1.31. The summed E-state index contributed by atoms with van der Waals surface area (Å²) >= 11 is 0. The highest BCUT2D eigenvalue weighted by Crippen LogP contribution is 2.31. The molecule has 0 aromatic heterocycles. The van der Waals surface area contributed by atoms with Crippen molar-refractivity contribution in [2.24, 2.45) is 0 Å². The van der Waals surface area contributed by atoms with Gasteiger partial charge in [0.1, 0.15) is 0 Å². The van der Waals surface area contributed by atoms with E-state index in [1.807, 2.05) is 76.7 Å². The lowest BCUT2D eigenvalue weighted by molar-refractivity contribution is 0.145. The molecule has 0 heterocycles. The van der Waals surface area contributed by atoms with Crippen molar-refractivity contribution in [3.05, 3.63) is 59.7 Å². The van der Waals surface area contributed by atoms with Crippen LogP contribution in [0.1, 0.15) is 108 Å². The van der Waals surface area contributed by atoms with Gasteiger partial charge in [-0.3, -0.25) is 0 Å². The van der Waals surface area contributed by atoms with Gasteiger partial charge >= 0.3 is 0 Å². The van der Waals surface area contributed by atoms with E-state index in [1.165, 1.54) is 77.0 Å². The van der Waals surface area contributed by atoms with Crippen molar-refractivity contribution in [3.8, 4) is 11.8 Å². The zero-order valence-electron chi connectivity index (χ0n) is 24.4. The van der Waals surface area contributed by atoms with Gasteiger partial charge in [-0.1, -0.05) is 120 Å². The third kappa shape index (κ3) is 10.8. The van der Waals surface area contributed by atoms with E-state index in [4.69, 9.17) is 0 Å². The van der Waals surface area contributed by atoms with Gasteiger partial charge in [-0.25, -0.2) is 0 Å². The Balaban J connectivity index is 1.85. The fourth-order valence-electron chi connectivity index (χ4n) is 4.73. The van der Waals surface area contributed by atoms with Crippen LogP contribution in [-0.2, 0) is 5.60 Å². The summed E-state index contributed by atoms with van der Waals surface area (Å²) in [6.45, 7) is 2.28. The van der Waals surface area contributed by atoms with Gasteiger partial charge in [0.25, 0.3) is 0 Å². The van der Waals surface area contributed by atoms with E-state index in [2.05, 4.69) is 28.6 Å². The Kier molecular flexibility index (Phi) is 14.3. The Bertz CT molecular complexity index is 868. The maximum atomic E-state index is 11.8. The Morgan fingerprint density at radius 3 is 1.27 bits per heavy atom. The summed E-state index contributed by atoms with van der Waals surface area (Å²) in [6.07, 6.45) is 18.3. The molecule has 0 bridgehead atoms. The molecule has 0 saturated heterocycles. The number of unbranched alkanes of at least 4 members (excludes halogenated alkanes) is 13. The number of anilines is 2. The minimum Gasteiger partial charge on any atom is -0.378 e. The average Bonchev–Trinajstić information content (AvgIpc) is 2.90. The first-order valence-corrected chi connectivity index (χ1v) is 14.7. The van der Waals surface area contributed by atoms with Crippen LogP contribution in [0.3, 0.4) is 0 Å². The molecule has 0 atom stereocenters. The van der Waals surface area contributed by atoms with Crippen LogP contribution in [0.2, 0.25) is 0 Å². The Morgan fingerprint density at radius 2 is 0.919 bits per heavy atom. The summed E-state index contributed by atoms with van der Waals surface area (Å²) in [6, 6.07) is 16.2. The first-order valence-electron chi connectivity index (χ1n) is 14.7. The van der Waals surface area contributed by atoms with E-state index in [9.17, 15) is 5.11 Å². The highest BCUT2D eigenvalue weighted by Gasteiger charge is 2.29. The molecule has 0 aliphatic heterocycles. The average molecular weight is 505 g/mol. The third-order valence-corrected chi connectivity index (χ3v) is 7.28. The number of benzene rings is 2. The van der Waals surface area contributed by atoms with Crippen LogP contribution in [0.15, 0.2) is 48.5 Å². The molecule has 0 unspecified atom stereocenters. The largest absolute Gasteiger partial charge is 0.378 e. The first-order chi connectivity index (χ1) is 17.9. The highest BCUT2D eigenvalue weighted by atomic mass is 16.3. The smallest absolute Gasteiger partial charge is 0.176 e. The second-order valence-electron chi connectivity index (χ2n) is 10.9. The van der Waals surface area contributed by atoms with Crippen LogP contribution in [0.4, 0.5) is 11.4 Å². The van der Waals surface area contributed by atoms with E-state index < -0.39 is 5.60 Å². The molecular weight excluding hydrogens is 452 g/mol. The zero-order valence-corrected chi connectivity index (χ0v) is 24.4. The monoisotopic (exact) mass is 504 g/mol. The third-order valence-electron chi connectivity index (χ3n) is 7.28. The minimum absolute atomic E-state index is 0.813. The zero-order chi connectivity index (χ0) is 26.9. The number of rotatable bonds is 17. The molecule has 0 radical (unpaired) electrons. The van der Waals surface area contributed by atoms with Crippen LogP contribution in [0, 0.1) is 11.8 Å². The van der Waals surface area contributed by atoms with E-state index in [0.29, 0.717) is 0 Å². The van der Waals surface area contributed by atoms with Gasteiger partial charge in [0.2, 0.25) is 0 Å². The molecule has 0 aliphatic carbocycles. The van der Waals surface area contributed by atoms with Gasteiger partial charge in [-0.2, -0.15) is 0 Å². The standard InChI is InChI=1S/C34H52N2O/c1-6-7-8-9-10-11-12-13-14-15-16-17-18-19-20-29-34(37,30-21-25-32(26-22-30)35(2)3)31-23-27-33(28-24-31)36(4)5/h21-28,37H,6-19H2,1-5H3. The molecule has 204 valence electrons. The van der Waals surface area contributed by atoms with E-state index in [0.717, 1.165) is 35.3 Å². The summed E-state index contributed by atoms with van der Waals surface area (Å²) < 4.78 is 0. The summed E-state index contributed by atoms with van der Waals surface area (Å²) in [5.74, 6) is 6.56. The molecule has 0 fully saturated rings. The van der Waals surface area contributed by atoms with Gasteiger partial charge in [0.15, 0.2) is 5.60 Å². The summed E-state index contributed by atoms with van der Waals surface area (Å²) in [4.78, 5) is 4.13. The molecule has 0 spiro atoms. The van der Waals surface area contributed by atoms with Crippen molar-refractivity contribution in [1.82, 2.24) is 0 Å². The molecule has 2 aromatic carbocycles. The van der Waals surface area contributed by atoms with Gasteiger partial charge in [0, 0.05) is 57.1 Å². The van der Waals surface area contributed by atoms with Crippen LogP contribution >= 0.6 is 0 Å². The lowest BCUT2D eigenvalue weighted by atomic mass is 9.86. The Hall–Kier alpha value is -2.44. The first kappa shape index (κ1) is 30.8. The lowest BCUT2D eigenvalue weighted by Crippen LogP contribution is -2.25. The SMILES string of the molecule is CCCCCCCCCCCCCCCC#CC(O)(c1ccc(N(C)C)cc1)c1ccc(N(C)C)cc1. The Morgan fingerprint density at radius 1 is 0.568 bits per heavy atom. The Labute approximate surface area is 228 Å². The van der Waals surface area contributed by atoms with E-state index >= 15 is 0 Å². The number of nitrogens with zero attached hydrogens (tertiary/aromatic N) is 2. The van der Waals surface area contributed by atoms with Gasteiger partial charge in [0.05, 0.1) is 0 Å². The van der Waals surface area contributed by atoms with Crippen LogP contribution in [0.5, 0.6) is 0 Å². The van der Waals surface area contributed by atoms with Gasteiger partial charge < -0.3 is 14.9 Å². The number of hydrogen-bond acceptors (Lipinski definition) is 3. The van der Waals surface area contributed by atoms with Crippen molar-refractivity contribution in [2.45, 2.75) is 102 Å². The molecule has 2 rings (SSSR count). The van der Waals surface area contributed by atoms with Crippen LogP contribution in [-0.4, -0.2) is 33.3 Å². The van der Waals surface area contributed by atoms with Gasteiger partial charge in [-0.15, -0.1) is 0 Å². The molecular formula is C34H52N2O. The molecule has 37 heavy (non-hydrogen) atoms. The van der Waals surface area contributed by atoms with Gasteiger partial charge in [-0.05, 0) is 30.7 Å².